The summed E-state index contributed by atoms with van der Waals surface area (Å²) in [5.74, 6) is -0.358. The van der Waals surface area contributed by atoms with Gasteiger partial charge in [0.05, 0.1) is 24.2 Å². The van der Waals surface area contributed by atoms with Crippen molar-refractivity contribution >= 4 is 5.91 Å². The monoisotopic (exact) mass is 203 g/mol. The molecule has 1 atom stereocenters. The van der Waals surface area contributed by atoms with Crippen molar-refractivity contribution in [1.29, 1.82) is 5.26 Å². The summed E-state index contributed by atoms with van der Waals surface area (Å²) in [4.78, 5) is 15.4. The first-order chi connectivity index (χ1) is 7.22. The van der Waals surface area contributed by atoms with Crippen LogP contribution in [0.5, 0.6) is 0 Å². The first-order valence-corrected chi connectivity index (χ1v) is 4.78. The summed E-state index contributed by atoms with van der Waals surface area (Å²) in [6.07, 6.45) is 1.92. The predicted octanol–water partition coefficient (Wildman–Crippen LogP) is 1.25. The van der Waals surface area contributed by atoms with Crippen molar-refractivity contribution in [2.24, 2.45) is 5.92 Å². The number of pyridine rings is 1. The molecule has 1 aromatic rings. The number of hydrogen-bond donors (Lipinski definition) is 1. The van der Waals surface area contributed by atoms with Crippen molar-refractivity contribution in [2.45, 2.75) is 19.9 Å². The van der Waals surface area contributed by atoms with Gasteiger partial charge in [-0.1, -0.05) is 6.07 Å². The summed E-state index contributed by atoms with van der Waals surface area (Å²) in [6, 6.07) is 7.55. The van der Waals surface area contributed by atoms with Crippen molar-refractivity contribution in [3.63, 3.8) is 0 Å². The SMILES string of the molecule is CC(C#N)CC(=O)NCc1ccccn1. The highest BCUT2D eigenvalue weighted by Gasteiger charge is 2.07. The first kappa shape index (κ1) is 11.2. The number of carbonyl (C=O) groups is 1. The molecule has 0 spiro atoms. The average molecular weight is 203 g/mol. The number of aromatic nitrogens is 1. The van der Waals surface area contributed by atoms with Crippen LogP contribution < -0.4 is 5.32 Å². The Morgan fingerprint density at radius 1 is 1.67 bits per heavy atom. The number of nitrogens with one attached hydrogen (secondary N) is 1. The molecule has 1 heterocycles. The maximum atomic E-state index is 11.3. The number of carbonyl (C=O) groups excluding carboxylic acids is 1. The molecule has 0 saturated heterocycles. The zero-order valence-electron chi connectivity index (χ0n) is 8.60. The molecule has 0 aliphatic heterocycles. The van der Waals surface area contributed by atoms with Crippen molar-refractivity contribution in [2.75, 3.05) is 0 Å². The lowest BCUT2D eigenvalue weighted by atomic mass is 10.1. The van der Waals surface area contributed by atoms with Gasteiger partial charge in [-0.2, -0.15) is 5.26 Å². The molecule has 1 amide bonds. The van der Waals surface area contributed by atoms with Crippen LogP contribution in [0.4, 0.5) is 0 Å². The minimum absolute atomic E-state index is 0.116. The fourth-order valence-corrected chi connectivity index (χ4v) is 1.09. The molecule has 1 aromatic heterocycles. The minimum Gasteiger partial charge on any atom is -0.350 e. The Hall–Kier alpha value is -1.89. The molecule has 1 unspecified atom stereocenters. The second-order valence-electron chi connectivity index (χ2n) is 3.33. The minimum atomic E-state index is -0.242. The van der Waals surface area contributed by atoms with E-state index in [2.05, 4.69) is 10.3 Å². The molecule has 15 heavy (non-hydrogen) atoms. The second kappa shape index (κ2) is 5.76. The van der Waals surface area contributed by atoms with Crippen LogP contribution in [-0.2, 0) is 11.3 Å². The van der Waals surface area contributed by atoms with E-state index in [0.717, 1.165) is 5.69 Å². The van der Waals surface area contributed by atoms with E-state index >= 15 is 0 Å². The number of nitriles is 1. The molecule has 0 bridgehead atoms. The quantitative estimate of drug-likeness (QED) is 0.800. The molecule has 0 radical (unpaired) electrons. The third-order valence-corrected chi connectivity index (χ3v) is 1.90. The van der Waals surface area contributed by atoms with Gasteiger partial charge in [0, 0.05) is 12.6 Å². The van der Waals surface area contributed by atoms with E-state index in [4.69, 9.17) is 5.26 Å². The van der Waals surface area contributed by atoms with Crippen LogP contribution in [0.2, 0.25) is 0 Å². The number of amides is 1. The van der Waals surface area contributed by atoms with Gasteiger partial charge >= 0.3 is 0 Å². The Morgan fingerprint density at radius 2 is 2.47 bits per heavy atom. The van der Waals surface area contributed by atoms with Crippen LogP contribution in [-0.4, -0.2) is 10.9 Å². The van der Waals surface area contributed by atoms with Gasteiger partial charge in [-0.3, -0.25) is 9.78 Å². The molecule has 1 N–H and O–H groups in total. The lowest BCUT2D eigenvalue weighted by molar-refractivity contribution is -0.121. The summed E-state index contributed by atoms with van der Waals surface area (Å²) in [6.45, 7) is 2.14. The molecule has 1 rings (SSSR count). The van der Waals surface area contributed by atoms with E-state index in [1.165, 1.54) is 0 Å². The van der Waals surface area contributed by atoms with Gasteiger partial charge in [0.2, 0.25) is 5.91 Å². The summed E-state index contributed by atoms with van der Waals surface area (Å²) in [5.41, 5.74) is 0.815. The van der Waals surface area contributed by atoms with Gasteiger partial charge in [-0.15, -0.1) is 0 Å². The van der Waals surface area contributed by atoms with Crippen LogP contribution in [0.25, 0.3) is 0 Å². The standard InChI is InChI=1S/C11H13N3O/c1-9(7-12)6-11(15)14-8-10-4-2-3-5-13-10/h2-5,9H,6,8H2,1H3,(H,14,15). The topological polar surface area (TPSA) is 65.8 Å². The van der Waals surface area contributed by atoms with Crippen molar-refractivity contribution in [3.05, 3.63) is 30.1 Å². The van der Waals surface area contributed by atoms with E-state index < -0.39 is 0 Å². The lowest BCUT2D eigenvalue weighted by Crippen LogP contribution is -2.24. The Bertz CT molecular complexity index is 356. The van der Waals surface area contributed by atoms with Crippen LogP contribution in [0.3, 0.4) is 0 Å². The van der Waals surface area contributed by atoms with Crippen molar-refractivity contribution < 1.29 is 4.79 Å². The number of hydrogen-bond acceptors (Lipinski definition) is 3. The highest BCUT2D eigenvalue weighted by Crippen LogP contribution is 1.99. The summed E-state index contributed by atoms with van der Waals surface area (Å²) < 4.78 is 0. The predicted molar refractivity (Wildman–Crippen MR) is 55.5 cm³/mol. The fraction of sp³-hybridized carbons (Fsp3) is 0.364. The van der Waals surface area contributed by atoms with E-state index in [1.54, 1.807) is 13.1 Å². The second-order valence-corrected chi connectivity index (χ2v) is 3.33. The van der Waals surface area contributed by atoms with Gasteiger partial charge in [0.25, 0.3) is 0 Å². The zero-order chi connectivity index (χ0) is 11.1. The van der Waals surface area contributed by atoms with E-state index in [9.17, 15) is 4.79 Å². The molecule has 0 fully saturated rings. The highest BCUT2D eigenvalue weighted by molar-refractivity contribution is 5.76. The maximum absolute atomic E-state index is 11.3. The Morgan fingerprint density at radius 3 is 3.07 bits per heavy atom. The fourth-order valence-electron chi connectivity index (χ4n) is 1.09. The molecular weight excluding hydrogens is 190 g/mol. The molecule has 0 aliphatic carbocycles. The normalized spacial score (nSPS) is 11.5. The van der Waals surface area contributed by atoms with Crippen LogP contribution in [0, 0.1) is 17.2 Å². The maximum Gasteiger partial charge on any atom is 0.221 e. The summed E-state index contributed by atoms with van der Waals surface area (Å²) in [5, 5.41) is 11.2. The summed E-state index contributed by atoms with van der Waals surface area (Å²) >= 11 is 0. The van der Waals surface area contributed by atoms with E-state index in [-0.39, 0.29) is 18.2 Å². The third-order valence-electron chi connectivity index (χ3n) is 1.90. The van der Waals surface area contributed by atoms with Gasteiger partial charge < -0.3 is 5.32 Å². The number of nitrogens with zero attached hydrogens (tertiary/aromatic N) is 2. The van der Waals surface area contributed by atoms with Gasteiger partial charge in [0.1, 0.15) is 0 Å². The van der Waals surface area contributed by atoms with Gasteiger partial charge in [0.15, 0.2) is 0 Å². The summed E-state index contributed by atoms with van der Waals surface area (Å²) in [7, 11) is 0. The molecule has 0 aromatic carbocycles. The zero-order valence-corrected chi connectivity index (χ0v) is 8.60. The average Bonchev–Trinajstić information content (AvgIpc) is 2.27. The first-order valence-electron chi connectivity index (χ1n) is 4.78. The molecule has 4 heteroatoms. The van der Waals surface area contributed by atoms with Crippen LogP contribution in [0.1, 0.15) is 19.0 Å². The van der Waals surface area contributed by atoms with Crippen LogP contribution in [0.15, 0.2) is 24.4 Å². The smallest absolute Gasteiger partial charge is 0.221 e. The Kier molecular flexibility index (Phi) is 4.30. The van der Waals surface area contributed by atoms with Gasteiger partial charge in [-0.05, 0) is 19.1 Å². The van der Waals surface area contributed by atoms with E-state index in [1.807, 2.05) is 24.3 Å². The van der Waals surface area contributed by atoms with E-state index in [0.29, 0.717) is 6.54 Å². The third kappa shape index (κ3) is 4.23. The molecular formula is C11H13N3O. The highest BCUT2D eigenvalue weighted by atomic mass is 16.1. The molecule has 0 saturated carbocycles. The largest absolute Gasteiger partial charge is 0.350 e. The van der Waals surface area contributed by atoms with Crippen molar-refractivity contribution in [1.82, 2.24) is 10.3 Å². The Balaban J connectivity index is 2.32. The molecule has 4 nitrogen and oxygen atoms in total. The van der Waals surface area contributed by atoms with Gasteiger partial charge in [-0.25, -0.2) is 0 Å². The Labute approximate surface area is 88.9 Å². The van der Waals surface area contributed by atoms with Crippen LogP contribution >= 0.6 is 0 Å². The van der Waals surface area contributed by atoms with Crippen molar-refractivity contribution in [3.8, 4) is 6.07 Å². The molecule has 78 valence electrons. The lowest BCUT2D eigenvalue weighted by Gasteiger charge is -2.04. The number of rotatable bonds is 4. The molecule has 0 aliphatic rings.